The molecule has 0 N–H and O–H groups in total. The zero-order valence-electron chi connectivity index (χ0n) is 4.99. The molecule has 1 aliphatic rings. The van der Waals surface area contributed by atoms with Crippen LogP contribution in [-0.2, 0) is 0 Å². The van der Waals surface area contributed by atoms with Crippen LogP contribution < -0.4 is 0 Å². The fourth-order valence-corrected chi connectivity index (χ4v) is 1.55. The van der Waals surface area contributed by atoms with Gasteiger partial charge in [0, 0.05) is 0 Å². The SMILES string of the molecule is FC1(P)CCCCC1. The molecule has 0 radical (unpaired) electrons. The number of hydrogen-bond acceptors (Lipinski definition) is 0. The van der Waals surface area contributed by atoms with Gasteiger partial charge in [-0.05, 0) is 25.7 Å². The van der Waals surface area contributed by atoms with Crippen LogP contribution in [0.25, 0.3) is 0 Å². The molecule has 1 saturated carbocycles. The Morgan fingerprint density at radius 1 is 1.12 bits per heavy atom. The van der Waals surface area contributed by atoms with Crippen molar-refractivity contribution in [3.05, 3.63) is 0 Å². The maximum absolute atomic E-state index is 12.8. The zero-order valence-corrected chi connectivity index (χ0v) is 6.15. The minimum atomic E-state index is -0.905. The lowest BCUT2D eigenvalue weighted by molar-refractivity contribution is 0.211. The van der Waals surface area contributed by atoms with Gasteiger partial charge >= 0.3 is 0 Å². The Bertz CT molecular complexity index is 72.6. The molecule has 0 amide bonds. The summed E-state index contributed by atoms with van der Waals surface area (Å²) in [5, 5.41) is -0.905. The summed E-state index contributed by atoms with van der Waals surface area (Å²) in [6, 6.07) is 0. The molecule has 1 rings (SSSR count). The van der Waals surface area contributed by atoms with E-state index in [0.29, 0.717) is 0 Å². The Hall–Kier alpha value is 0.360. The van der Waals surface area contributed by atoms with E-state index in [1.807, 2.05) is 0 Å². The third kappa shape index (κ3) is 1.70. The number of hydrogen-bond donors (Lipinski definition) is 0. The van der Waals surface area contributed by atoms with Crippen molar-refractivity contribution in [3.63, 3.8) is 0 Å². The summed E-state index contributed by atoms with van der Waals surface area (Å²) in [5.74, 6) is 0. The van der Waals surface area contributed by atoms with Gasteiger partial charge in [0.15, 0.2) is 0 Å². The van der Waals surface area contributed by atoms with Gasteiger partial charge in [0.05, 0.1) is 0 Å². The zero-order chi connectivity index (χ0) is 6.04. The molecule has 48 valence electrons. The van der Waals surface area contributed by atoms with Crippen molar-refractivity contribution in [2.24, 2.45) is 0 Å². The number of alkyl halides is 1. The minimum absolute atomic E-state index is 0.748. The minimum Gasteiger partial charge on any atom is -0.240 e. The van der Waals surface area contributed by atoms with Gasteiger partial charge in [0.1, 0.15) is 5.41 Å². The van der Waals surface area contributed by atoms with Crippen molar-refractivity contribution >= 4 is 9.24 Å². The fraction of sp³-hybridized carbons (Fsp3) is 1.00. The second kappa shape index (κ2) is 2.31. The molecule has 0 bridgehead atoms. The molecule has 8 heavy (non-hydrogen) atoms. The molecular formula is C6H12FP. The molecule has 2 heteroatoms. The molecule has 0 nitrogen and oxygen atoms in total. The normalized spacial score (nSPS) is 27.8. The van der Waals surface area contributed by atoms with Gasteiger partial charge in [0.2, 0.25) is 0 Å². The highest BCUT2D eigenvalue weighted by molar-refractivity contribution is 7.18. The molecule has 1 atom stereocenters. The standard InChI is InChI=1S/C6H12FP/c7-6(8)4-2-1-3-5-6/h1-5,8H2. The largest absolute Gasteiger partial charge is 0.240 e. The van der Waals surface area contributed by atoms with Gasteiger partial charge in [0.25, 0.3) is 0 Å². The van der Waals surface area contributed by atoms with Crippen molar-refractivity contribution in [2.45, 2.75) is 37.5 Å². The van der Waals surface area contributed by atoms with E-state index in [1.54, 1.807) is 0 Å². The van der Waals surface area contributed by atoms with Crippen LogP contribution >= 0.6 is 9.24 Å². The number of rotatable bonds is 0. The van der Waals surface area contributed by atoms with Crippen LogP contribution in [0.5, 0.6) is 0 Å². The lowest BCUT2D eigenvalue weighted by Crippen LogP contribution is -2.16. The topological polar surface area (TPSA) is 0 Å². The Morgan fingerprint density at radius 2 is 1.62 bits per heavy atom. The van der Waals surface area contributed by atoms with Crippen molar-refractivity contribution in [2.75, 3.05) is 0 Å². The van der Waals surface area contributed by atoms with Gasteiger partial charge in [-0.2, -0.15) is 0 Å². The Morgan fingerprint density at radius 3 is 1.88 bits per heavy atom. The van der Waals surface area contributed by atoms with Crippen LogP contribution in [0.15, 0.2) is 0 Å². The quantitative estimate of drug-likeness (QED) is 0.446. The lowest BCUT2D eigenvalue weighted by Gasteiger charge is -2.24. The molecule has 0 aromatic rings. The molecular weight excluding hydrogens is 122 g/mol. The van der Waals surface area contributed by atoms with Gasteiger partial charge in [-0.25, -0.2) is 4.39 Å². The first kappa shape index (κ1) is 6.48. The molecule has 0 spiro atoms. The fourth-order valence-electron chi connectivity index (χ4n) is 1.14. The summed E-state index contributed by atoms with van der Waals surface area (Å²) < 4.78 is 12.8. The van der Waals surface area contributed by atoms with E-state index in [9.17, 15) is 4.39 Å². The van der Waals surface area contributed by atoms with Crippen LogP contribution in [0.1, 0.15) is 32.1 Å². The van der Waals surface area contributed by atoms with E-state index in [0.717, 1.165) is 25.7 Å². The highest BCUT2D eigenvalue weighted by Gasteiger charge is 2.25. The lowest BCUT2D eigenvalue weighted by atomic mass is 9.98. The molecule has 0 aromatic carbocycles. The van der Waals surface area contributed by atoms with E-state index < -0.39 is 5.41 Å². The Labute approximate surface area is 52.1 Å². The van der Waals surface area contributed by atoms with Crippen molar-refractivity contribution in [3.8, 4) is 0 Å². The van der Waals surface area contributed by atoms with Crippen LogP contribution in [0.3, 0.4) is 0 Å². The summed E-state index contributed by atoms with van der Waals surface area (Å²) in [6.45, 7) is 0. The second-order valence-electron chi connectivity index (χ2n) is 2.60. The van der Waals surface area contributed by atoms with Crippen LogP contribution in [-0.4, -0.2) is 5.41 Å². The van der Waals surface area contributed by atoms with E-state index in [4.69, 9.17) is 0 Å². The molecule has 0 aliphatic heterocycles. The molecule has 0 heterocycles. The smallest absolute Gasteiger partial charge is 0.123 e. The molecule has 1 aliphatic carbocycles. The molecule has 0 aromatic heterocycles. The average Bonchev–Trinajstić information content (AvgIpc) is 1.65. The summed E-state index contributed by atoms with van der Waals surface area (Å²) in [4.78, 5) is 0. The summed E-state index contributed by atoms with van der Waals surface area (Å²) >= 11 is 0. The van der Waals surface area contributed by atoms with Crippen molar-refractivity contribution in [1.82, 2.24) is 0 Å². The predicted octanol–water partition coefficient (Wildman–Crippen LogP) is 2.49. The van der Waals surface area contributed by atoms with E-state index in [1.165, 1.54) is 6.42 Å². The second-order valence-corrected chi connectivity index (χ2v) is 3.63. The summed E-state index contributed by atoms with van der Waals surface area (Å²) in [7, 11) is 2.30. The molecule has 1 unspecified atom stereocenters. The maximum atomic E-state index is 12.8. The van der Waals surface area contributed by atoms with E-state index >= 15 is 0 Å². The predicted molar refractivity (Wildman–Crippen MR) is 36.6 cm³/mol. The average molecular weight is 134 g/mol. The van der Waals surface area contributed by atoms with Crippen LogP contribution in [0.2, 0.25) is 0 Å². The summed E-state index contributed by atoms with van der Waals surface area (Å²) in [6.07, 6.45) is 4.86. The molecule has 0 saturated heterocycles. The first-order chi connectivity index (χ1) is 3.71. The highest BCUT2D eigenvalue weighted by Crippen LogP contribution is 2.36. The summed E-state index contributed by atoms with van der Waals surface area (Å²) in [5.41, 5.74) is 0. The Balaban J connectivity index is 2.33. The first-order valence-electron chi connectivity index (χ1n) is 3.18. The van der Waals surface area contributed by atoms with Gasteiger partial charge in [-0.15, -0.1) is 0 Å². The van der Waals surface area contributed by atoms with Gasteiger partial charge < -0.3 is 0 Å². The van der Waals surface area contributed by atoms with Crippen molar-refractivity contribution < 1.29 is 4.39 Å². The Kier molecular flexibility index (Phi) is 1.87. The third-order valence-corrected chi connectivity index (χ3v) is 2.26. The first-order valence-corrected chi connectivity index (χ1v) is 3.76. The van der Waals surface area contributed by atoms with Gasteiger partial charge in [-0.3, -0.25) is 0 Å². The highest BCUT2D eigenvalue weighted by atomic mass is 31.0. The molecule has 1 fully saturated rings. The van der Waals surface area contributed by atoms with Crippen LogP contribution in [0, 0.1) is 0 Å². The van der Waals surface area contributed by atoms with Crippen molar-refractivity contribution in [1.29, 1.82) is 0 Å². The third-order valence-electron chi connectivity index (χ3n) is 1.68. The van der Waals surface area contributed by atoms with E-state index in [2.05, 4.69) is 9.24 Å². The van der Waals surface area contributed by atoms with E-state index in [-0.39, 0.29) is 0 Å². The van der Waals surface area contributed by atoms with Crippen LogP contribution in [0.4, 0.5) is 4.39 Å². The van der Waals surface area contributed by atoms with Gasteiger partial charge in [-0.1, -0.05) is 15.7 Å². The monoisotopic (exact) mass is 134 g/mol. The number of halogens is 1. The maximum Gasteiger partial charge on any atom is 0.123 e.